The molecule has 0 aliphatic heterocycles. The molecule has 0 unspecified atom stereocenters. The van der Waals surface area contributed by atoms with Crippen molar-refractivity contribution in [3.63, 3.8) is 0 Å². The fraction of sp³-hybridized carbons (Fsp3) is 0.640. The smallest absolute Gasteiger partial charge is 0.297 e. The van der Waals surface area contributed by atoms with Gasteiger partial charge in [0.25, 0.3) is 11.2 Å². The first-order valence-electron chi connectivity index (χ1n) is 12.2. The van der Waals surface area contributed by atoms with Crippen LogP contribution in [0.5, 0.6) is 11.5 Å². The molecule has 0 saturated carbocycles. The van der Waals surface area contributed by atoms with Crippen molar-refractivity contribution in [3.8, 4) is 11.5 Å². The van der Waals surface area contributed by atoms with E-state index in [1.165, 1.54) is 31.4 Å². The Morgan fingerprint density at radius 1 is 0.844 bits per heavy atom. The molecule has 0 saturated heterocycles. The molecule has 0 atom stereocenters. The summed E-state index contributed by atoms with van der Waals surface area (Å²) in [7, 11) is 0. The predicted molar refractivity (Wildman–Crippen MR) is 129 cm³/mol. The third-order valence-corrected chi connectivity index (χ3v) is 5.60. The van der Waals surface area contributed by atoms with E-state index < -0.39 is 4.92 Å². The lowest BCUT2D eigenvalue weighted by molar-refractivity contribution is -0.384. The van der Waals surface area contributed by atoms with Crippen LogP contribution in [0.2, 0.25) is 0 Å². The van der Waals surface area contributed by atoms with E-state index in [1.54, 1.807) is 10.6 Å². The SMILES string of the molecule is CCCCCCCCn1c(=O)c(OCCCC)c(OCCCC)c2ccc([N+](=O)[O-])cc21. The summed E-state index contributed by atoms with van der Waals surface area (Å²) in [5.74, 6) is 0.630. The van der Waals surface area contributed by atoms with Gasteiger partial charge in [0, 0.05) is 24.1 Å². The Hall–Kier alpha value is -2.57. The van der Waals surface area contributed by atoms with Crippen LogP contribution in [0.3, 0.4) is 0 Å². The Morgan fingerprint density at radius 2 is 1.44 bits per heavy atom. The second-order valence-electron chi connectivity index (χ2n) is 8.25. The Morgan fingerprint density at radius 3 is 2.06 bits per heavy atom. The van der Waals surface area contributed by atoms with Gasteiger partial charge >= 0.3 is 0 Å². The third kappa shape index (κ3) is 6.97. The average Bonchev–Trinajstić information content (AvgIpc) is 2.79. The summed E-state index contributed by atoms with van der Waals surface area (Å²) in [6, 6.07) is 4.62. The molecule has 1 heterocycles. The molecule has 7 nitrogen and oxygen atoms in total. The largest absolute Gasteiger partial charge is 0.489 e. The van der Waals surface area contributed by atoms with E-state index in [4.69, 9.17) is 9.47 Å². The Bertz CT molecular complexity index is 923. The van der Waals surface area contributed by atoms with E-state index >= 15 is 0 Å². The van der Waals surface area contributed by atoms with Crippen LogP contribution in [0.4, 0.5) is 5.69 Å². The third-order valence-electron chi connectivity index (χ3n) is 5.60. The van der Waals surface area contributed by atoms with E-state index in [-0.39, 0.29) is 17.0 Å². The maximum Gasteiger partial charge on any atom is 0.297 e. The summed E-state index contributed by atoms with van der Waals surface area (Å²) in [6.07, 6.45) is 10.2. The van der Waals surface area contributed by atoms with Crippen LogP contribution in [0, 0.1) is 10.1 Å². The number of hydrogen-bond acceptors (Lipinski definition) is 5. The van der Waals surface area contributed by atoms with E-state index in [0.29, 0.717) is 36.4 Å². The standard InChI is InChI=1S/C25H38N2O5/c1-4-7-10-11-12-13-16-26-22-19-20(27(29)30)14-15-21(22)23(31-17-8-5-2)24(25(26)28)32-18-9-6-3/h14-15,19H,4-13,16-18H2,1-3H3. The molecule has 0 amide bonds. The van der Waals surface area contributed by atoms with Crippen molar-refractivity contribution < 1.29 is 14.4 Å². The van der Waals surface area contributed by atoms with Gasteiger partial charge in [-0.25, -0.2) is 0 Å². The number of ether oxygens (including phenoxy) is 2. The van der Waals surface area contributed by atoms with Crippen molar-refractivity contribution in [3.05, 3.63) is 38.7 Å². The number of nitrogens with zero attached hydrogens (tertiary/aromatic N) is 2. The van der Waals surface area contributed by atoms with Crippen molar-refractivity contribution >= 4 is 16.6 Å². The summed E-state index contributed by atoms with van der Waals surface area (Å²) in [5.41, 5.74) is 0.231. The van der Waals surface area contributed by atoms with E-state index in [9.17, 15) is 14.9 Å². The van der Waals surface area contributed by atoms with Crippen molar-refractivity contribution in [2.45, 2.75) is 91.5 Å². The Balaban J connectivity index is 2.49. The molecule has 1 aromatic heterocycles. The highest BCUT2D eigenvalue weighted by Gasteiger charge is 2.21. The van der Waals surface area contributed by atoms with Gasteiger partial charge in [-0.15, -0.1) is 0 Å². The Kier molecular flexibility index (Phi) is 11.0. The zero-order valence-corrected chi connectivity index (χ0v) is 19.9. The number of benzene rings is 1. The van der Waals surface area contributed by atoms with Gasteiger partial charge in [0.05, 0.1) is 23.7 Å². The summed E-state index contributed by atoms with van der Waals surface area (Å²) in [6.45, 7) is 7.73. The van der Waals surface area contributed by atoms with Crippen LogP contribution in [-0.4, -0.2) is 22.7 Å². The maximum absolute atomic E-state index is 13.5. The minimum Gasteiger partial charge on any atom is -0.489 e. The molecular weight excluding hydrogens is 408 g/mol. The number of non-ortho nitro benzene ring substituents is 1. The highest BCUT2D eigenvalue weighted by molar-refractivity contribution is 5.89. The van der Waals surface area contributed by atoms with Gasteiger partial charge in [0.2, 0.25) is 5.75 Å². The van der Waals surface area contributed by atoms with Crippen LogP contribution >= 0.6 is 0 Å². The first-order valence-corrected chi connectivity index (χ1v) is 12.2. The van der Waals surface area contributed by atoms with Gasteiger partial charge < -0.3 is 14.0 Å². The lowest BCUT2D eigenvalue weighted by Gasteiger charge is -2.18. The van der Waals surface area contributed by atoms with E-state index in [2.05, 4.69) is 20.8 Å². The highest BCUT2D eigenvalue weighted by Crippen LogP contribution is 2.35. The number of nitro benzene ring substituents is 1. The molecule has 32 heavy (non-hydrogen) atoms. The summed E-state index contributed by atoms with van der Waals surface area (Å²) in [4.78, 5) is 24.4. The minimum atomic E-state index is -0.428. The van der Waals surface area contributed by atoms with Gasteiger partial charge in [-0.05, 0) is 25.3 Å². The average molecular weight is 447 g/mol. The van der Waals surface area contributed by atoms with Crippen LogP contribution < -0.4 is 15.0 Å². The normalized spacial score (nSPS) is 11.1. The molecule has 2 aromatic rings. The van der Waals surface area contributed by atoms with Crippen LogP contribution in [0.1, 0.15) is 85.0 Å². The molecule has 7 heteroatoms. The van der Waals surface area contributed by atoms with Crippen LogP contribution in [-0.2, 0) is 6.54 Å². The van der Waals surface area contributed by atoms with E-state index in [0.717, 1.165) is 44.9 Å². The first-order chi connectivity index (χ1) is 15.5. The van der Waals surface area contributed by atoms with Crippen molar-refractivity contribution in [2.75, 3.05) is 13.2 Å². The number of aromatic nitrogens is 1. The number of pyridine rings is 1. The van der Waals surface area contributed by atoms with Gasteiger partial charge in [-0.2, -0.15) is 0 Å². The van der Waals surface area contributed by atoms with Gasteiger partial charge in [0.15, 0.2) is 5.75 Å². The van der Waals surface area contributed by atoms with Crippen molar-refractivity contribution in [1.82, 2.24) is 4.57 Å². The van der Waals surface area contributed by atoms with Crippen molar-refractivity contribution in [2.24, 2.45) is 0 Å². The van der Waals surface area contributed by atoms with Crippen LogP contribution in [0.15, 0.2) is 23.0 Å². The lowest BCUT2D eigenvalue weighted by atomic mass is 10.1. The highest BCUT2D eigenvalue weighted by atomic mass is 16.6. The second kappa shape index (κ2) is 13.8. The summed E-state index contributed by atoms with van der Waals surface area (Å²) in [5, 5.41) is 12.1. The molecule has 178 valence electrons. The number of aryl methyl sites for hydroxylation is 1. The molecule has 0 aliphatic rings. The Labute approximate surface area is 190 Å². The molecule has 0 bridgehead atoms. The summed E-state index contributed by atoms with van der Waals surface area (Å²) < 4.78 is 13.6. The number of rotatable bonds is 16. The number of nitro groups is 1. The van der Waals surface area contributed by atoms with Gasteiger partial charge in [0.1, 0.15) is 0 Å². The zero-order chi connectivity index (χ0) is 23.3. The molecule has 0 N–H and O–H groups in total. The molecule has 0 aliphatic carbocycles. The number of fused-ring (bicyclic) bond motifs is 1. The van der Waals surface area contributed by atoms with Gasteiger partial charge in [-0.1, -0.05) is 65.7 Å². The quantitative estimate of drug-likeness (QED) is 0.164. The predicted octanol–water partition coefficient (Wildman–Crippen LogP) is 6.63. The van der Waals surface area contributed by atoms with E-state index in [1.807, 2.05) is 0 Å². The van der Waals surface area contributed by atoms with Gasteiger partial charge in [-0.3, -0.25) is 14.9 Å². The monoisotopic (exact) mass is 446 g/mol. The molecular formula is C25H38N2O5. The molecule has 0 fully saturated rings. The molecule has 0 spiro atoms. The minimum absolute atomic E-state index is 0.0345. The van der Waals surface area contributed by atoms with Crippen LogP contribution in [0.25, 0.3) is 10.9 Å². The second-order valence-corrected chi connectivity index (χ2v) is 8.25. The van der Waals surface area contributed by atoms with Crippen molar-refractivity contribution in [1.29, 1.82) is 0 Å². The first kappa shape index (κ1) is 25.7. The molecule has 0 radical (unpaired) electrons. The topological polar surface area (TPSA) is 83.6 Å². The number of unbranched alkanes of at least 4 members (excludes halogenated alkanes) is 7. The molecule has 2 rings (SSSR count). The fourth-order valence-electron chi connectivity index (χ4n) is 3.68. The maximum atomic E-state index is 13.5. The lowest BCUT2D eigenvalue weighted by Crippen LogP contribution is -2.24. The summed E-state index contributed by atoms with van der Waals surface area (Å²) >= 11 is 0. The number of hydrogen-bond donors (Lipinski definition) is 0. The zero-order valence-electron chi connectivity index (χ0n) is 19.9. The molecule has 1 aromatic carbocycles. The fourth-order valence-corrected chi connectivity index (χ4v) is 3.68.